The van der Waals surface area contributed by atoms with Gasteiger partial charge in [0, 0.05) is 16.4 Å². The highest BCUT2D eigenvalue weighted by Crippen LogP contribution is 2.42. The largest absolute Gasteiger partial charge is 0.462 e. The molecule has 1 fully saturated rings. The average molecular weight is 546 g/mol. The first-order valence-electron chi connectivity index (χ1n) is 11.9. The first-order chi connectivity index (χ1) is 18.3. The van der Waals surface area contributed by atoms with Crippen LogP contribution in [-0.2, 0) is 20.7 Å². The van der Waals surface area contributed by atoms with E-state index in [1.807, 2.05) is 37.3 Å². The van der Waals surface area contributed by atoms with Gasteiger partial charge in [0.05, 0.1) is 17.4 Å². The molecule has 1 aliphatic rings. The van der Waals surface area contributed by atoms with Gasteiger partial charge >= 0.3 is 5.97 Å². The SMILES string of the molecule is CCOC(=O)c1ccc(NC(=O)C(C#N)=C2SC(Cc3ccc(C)c(Cl)c3)C(=O)N2c2ccccc2)cc1. The number of amides is 2. The van der Waals surface area contributed by atoms with Gasteiger partial charge in [-0.2, -0.15) is 5.26 Å². The summed E-state index contributed by atoms with van der Waals surface area (Å²) in [6, 6.07) is 22.7. The average Bonchev–Trinajstić information content (AvgIpc) is 3.22. The number of ether oxygens (including phenoxy) is 1. The predicted molar refractivity (Wildman–Crippen MR) is 149 cm³/mol. The number of hydrogen-bond donors (Lipinski definition) is 1. The molecule has 3 aromatic rings. The van der Waals surface area contributed by atoms with Gasteiger partial charge in [0.1, 0.15) is 16.7 Å². The molecule has 3 aromatic carbocycles. The standard InChI is InChI=1S/C29H24ClN3O4S/c1-3-37-29(36)20-11-13-21(14-12-20)32-26(34)23(17-31)28-33(22-7-5-4-6-8-22)27(35)25(38-28)16-19-10-9-18(2)24(30)15-19/h4-15,25H,3,16H2,1-2H3,(H,32,34). The molecule has 0 aliphatic carbocycles. The molecule has 9 heteroatoms. The second-order valence-electron chi connectivity index (χ2n) is 8.45. The van der Waals surface area contributed by atoms with E-state index in [9.17, 15) is 19.6 Å². The number of benzene rings is 3. The Balaban J connectivity index is 1.64. The first-order valence-corrected chi connectivity index (χ1v) is 13.1. The highest BCUT2D eigenvalue weighted by atomic mass is 35.5. The molecule has 1 heterocycles. The summed E-state index contributed by atoms with van der Waals surface area (Å²) in [7, 11) is 0. The van der Waals surface area contributed by atoms with Crippen LogP contribution in [0.3, 0.4) is 0 Å². The number of halogens is 1. The molecular formula is C29H24ClN3O4S. The van der Waals surface area contributed by atoms with Crippen LogP contribution in [0, 0.1) is 18.3 Å². The van der Waals surface area contributed by atoms with E-state index in [4.69, 9.17) is 16.3 Å². The lowest BCUT2D eigenvalue weighted by molar-refractivity contribution is -0.117. The third-order valence-corrected chi connectivity index (χ3v) is 7.50. The van der Waals surface area contributed by atoms with Gasteiger partial charge in [0.2, 0.25) is 5.91 Å². The van der Waals surface area contributed by atoms with E-state index in [-0.39, 0.29) is 23.1 Å². The molecule has 1 saturated heterocycles. The van der Waals surface area contributed by atoms with E-state index >= 15 is 0 Å². The number of anilines is 2. The number of rotatable bonds is 7. The van der Waals surface area contributed by atoms with E-state index in [2.05, 4.69) is 5.32 Å². The molecular weight excluding hydrogens is 522 g/mol. The van der Waals surface area contributed by atoms with Crippen molar-refractivity contribution in [2.24, 2.45) is 0 Å². The zero-order valence-corrected chi connectivity index (χ0v) is 22.3. The fourth-order valence-corrected chi connectivity index (χ4v) is 5.39. The van der Waals surface area contributed by atoms with Crippen LogP contribution in [0.25, 0.3) is 0 Å². The number of nitrogens with zero attached hydrogens (tertiary/aromatic N) is 2. The minimum atomic E-state index is -0.661. The number of hydrogen-bond acceptors (Lipinski definition) is 6. The first kappa shape index (κ1) is 27.0. The van der Waals surface area contributed by atoms with Gasteiger partial charge in [-0.05, 0) is 73.9 Å². The van der Waals surface area contributed by atoms with Gasteiger partial charge in [-0.25, -0.2) is 4.79 Å². The van der Waals surface area contributed by atoms with Crippen molar-refractivity contribution in [3.05, 3.63) is 105 Å². The normalized spacial score (nSPS) is 16.1. The number of para-hydroxylation sites is 1. The molecule has 0 aromatic heterocycles. The molecule has 1 aliphatic heterocycles. The summed E-state index contributed by atoms with van der Waals surface area (Å²) in [4.78, 5) is 40.1. The summed E-state index contributed by atoms with van der Waals surface area (Å²) in [5.41, 5.74) is 2.92. The second kappa shape index (κ2) is 12.0. The van der Waals surface area contributed by atoms with Crippen molar-refractivity contribution in [3.63, 3.8) is 0 Å². The van der Waals surface area contributed by atoms with Crippen LogP contribution < -0.4 is 10.2 Å². The molecule has 1 atom stereocenters. The Morgan fingerprint density at radius 3 is 2.45 bits per heavy atom. The summed E-state index contributed by atoms with van der Waals surface area (Å²) < 4.78 is 4.98. The van der Waals surface area contributed by atoms with Gasteiger partial charge in [-0.3, -0.25) is 14.5 Å². The monoisotopic (exact) mass is 545 g/mol. The molecule has 192 valence electrons. The van der Waals surface area contributed by atoms with Crippen LogP contribution in [-0.4, -0.2) is 29.6 Å². The number of aryl methyl sites for hydroxylation is 1. The van der Waals surface area contributed by atoms with E-state index in [1.54, 1.807) is 43.3 Å². The summed E-state index contributed by atoms with van der Waals surface area (Å²) in [6.07, 6.45) is 0.381. The maximum absolute atomic E-state index is 13.6. The third kappa shape index (κ3) is 5.91. The zero-order chi connectivity index (χ0) is 27.2. The minimum Gasteiger partial charge on any atom is -0.462 e. The zero-order valence-electron chi connectivity index (χ0n) is 20.7. The van der Waals surface area contributed by atoms with Gasteiger partial charge < -0.3 is 10.1 Å². The smallest absolute Gasteiger partial charge is 0.338 e. The van der Waals surface area contributed by atoms with Crippen molar-refractivity contribution < 1.29 is 19.1 Å². The van der Waals surface area contributed by atoms with Crippen molar-refractivity contribution in [1.82, 2.24) is 0 Å². The molecule has 7 nitrogen and oxygen atoms in total. The number of carbonyl (C=O) groups is 3. The summed E-state index contributed by atoms with van der Waals surface area (Å²) in [6.45, 7) is 3.87. The number of esters is 1. The van der Waals surface area contributed by atoms with E-state index < -0.39 is 17.1 Å². The fourth-order valence-electron chi connectivity index (χ4n) is 3.87. The molecule has 1 unspecified atom stereocenters. The summed E-state index contributed by atoms with van der Waals surface area (Å²) >= 11 is 7.47. The molecule has 0 saturated carbocycles. The van der Waals surface area contributed by atoms with Crippen LogP contribution >= 0.6 is 23.4 Å². The Bertz CT molecular complexity index is 1450. The molecule has 0 radical (unpaired) electrons. The third-order valence-electron chi connectivity index (χ3n) is 5.83. The Hall–Kier alpha value is -4.06. The highest BCUT2D eigenvalue weighted by molar-refractivity contribution is 8.05. The lowest BCUT2D eigenvalue weighted by Gasteiger charge is -2.18. The fraction of sp³-hybridized carbons (Fsp3) is 0.172. The lowest BCUT2D eigenvalue weighted by Crippen LogP contribution is -2.30. The number of nitriles is 1. The molecule has 0 spiro atoms. The lowest BCUT2D eigenvalue weighted by atomic mass is 10.1. The topological polar surface area (TPSA) is 99.5 Å². The van der Waals surface area contributed by atoms with Gasteiger partial charge in [0.25, 0.3) is 5.91 Å². The van der Waals surface area contributed by atoms with Crippen LogP contribution in [0.1, 0.15) is 28.4 Å². The maximum atomic E-state index is 13.6. The quantitative estimate of drug-likeness (QED) is 0.226. The van der Waals surface area contributed by atoms with Gasteiger partial charge in [0.15, 0.2) is 0 Å². The van der Waals surface area contributed by atoms with Crippen LogP contribution in [0.4, 0.5) is 11.4 Å². The summed E-state index contributed by atoms with van der Waals surface area (Å²) in [5.74, 6) is -1.36. The van der Waals surface area contributed by atoms with E-state index in [0.29, 0.717) is 28.4 Å². The van der Waals surface area contributed by atoms with Crippen LogP contribution in [0.15, 0.2) is 83.4 Å². The Morgan fingerprint density at radius 1 is 1.11 bits per heavy atom. The van der Waals surface area contributed by atoms with Crippen LogP contribution in [0.2, 0.25) is 5.02 Å². The van der Waals surface area contributed by atoms with Crippen LogP contribution in [0.5, 0.6) is 0 Å². The number of thioether (sulfide) groups is 1. The molecule has 1 N–H and O–H groups in total. The Kier molecular flexibility index (Phi) is 8.52. The van der Waals surface area contributed by atoms with E-state index in [1.165, 1.54) is 28.8 Å². The Labute approximate surface area is 230 Å². The highest BCUT2D eigenvalue weighted by Gasteiger charge is 2.40. The number of nitrogens with one attached hydrogen (secondary N) is 1. The second-order valence-corrected chi connectivity index (χ2v) is 10.0. The Morgan fingerprint density at radius 2 is 1.82 bits per heavy atom. The van der Waals surface area contributed by atoms with Crippen molar-refractivity contribution in [1.29, 1.82) is 5.26 Å². The maximum Gasteiger partial charge on any atom is 0.338 e. The summed E-state index contributed by atoms with van der Waals surface area (Å²) in [5, 5.41) is 13.0. The molecule has 2 amide bonds. The number of carbonyl (C=O) groups excluding carboxylic acids is 3. The minimum absolute atomic E-state index is 0.189. The van der Waals surface area contributed by atoms with Gasteiger partial charge in [-0.1, -0.05) is 53.7 Å². The van der Waals surface area contributed by atoms with E-state index in [0.717, 1.165) is 11.1 Å². The van der Waals surface area contributed by atoms with Gasteiger partial charge in [-0.15, -0.1) is 0 Å². The molecule has 4 rings (SSSR count). The predicted octanol–water partition coefficient (Wildman–Crippen LogP) is 5.89. The van der Waals surface area contributed by atoms with Crippen molar-refractivity contribution in [2.45, 2.75) is 25.5 Å². The molecule has 38 heavy (non-hydrogen) atoms. The van der Waals surface area contributed by atoms with Crippen molar-refractivity contribution in [3.8, 4) is 6.07 Å². The molecule has 0 bridgehead atoms. The van der Waals surface area contributed by atoms with Crippen molar-refractivity contribution in [2.75, 3.05) is 16.8 Å². The van der Waals surface area contributed by atoms with Crippen molar-refractivity contribution >= 4 is 52.5 Å².